The van der Waals surface area contributed by atoms with Crippen molar-refractivity contribution in [2.24, 2.45) is 0 Å². The van der Waals surface area contributed by atoms with E-state index in [-0.39, 0.29) is 11.3 Å². The van der Waals surface area contributed by atoms with E-state index in [0.29, 0.717) is 5.13 Å². The molecule has 1 heterocycles. The number of halogens is 2. The number of phenols is 1. The van der Waals surface area contributed by atoms with Crippen LogP contribution in [0.3, 0.4) is 0 Å². The maximum Gasteiger partial charge on any atom is 0.261 e. The lowest BCUT2D eigenvalue weighted by atomic mass is 10.2. The summed E-state index contributed by atoms with van der Waals surface area (Å²) in [5, 5.41) is 13.0. The van der Waals surface area contributed by atoms with Crippen molar-refractivity contribution in [1.29, 1.82) is 0 Å². The van der Waals surface area contributed by atoms with Gasteiger partial charge >= 0.3 is 0 Å². The van der Waals surface area contributed by atoms with Gasteiger partial charge in [-0.3, -0.25) is 10.1 Å². The minimum Gasteiger partial charge on any atom is -0.507 e. The molecule has 0 aliphatic heterocycles. The highest BCUT2D eigenvalue weighted by Crippen LogP contribution is 2.29. The number of carbonyl (C=O) groups is 1. The second-order valence-electron chi connectivity index (χ2n) is 4.25. The number of nitrogens with one attached hydrogen (secondary N) is 1. The average molecular weight is 428 g/mol. The highest BCUT2D eigenvalue weighted by molar-refractivity contribution is 9.10. The Hall–Kier alpha value is -1.44. The van der Waals surface area contributed by atoms with Gasteiger partial charge < -0.3 is 5.11 Å². The monoisotopic (exact) mass is 426 g/mol. The Morgan fingerprint density at radius 3 is 2.67 bits per heavy atom. The predicted octanol–water partition coefficient (Wildman–Crippen LogP) is 4.78. The maximum atomic E-state index is 12.2. The fraction of sp³-hybridized carbons (Fsp3) is 0. The fourth-order valence-electron chi connectivity index (χ4n) is 1.81. The number of hydrogen-bond acceptors (Lipinski definition) is 4. The smallest absolute Gasteiger partial charge is 0.261 e. The molecule has 0 bridgehead atoms. The standard InChI is InChI=1S/C14H8Br2N2O2S/c15-7-1-3-11(19)9(5-7)13(20)18-14-17-10-6-8(16)2-4-12(10)21-14/h1-6,19H,(H,17,18,20). The Labute approximate surface area is 141 Å². The molecule has 0 unspecified atom stereocenters. The minimum absolute atomic E-state index is 0.0699. The number of benzene rings is 2. The number of hydrogen-bond donors (Lipinski definition) is 2. The summed E-state index contributed by atoms with van der Waals surface area (Å²) in [6.07, 6.45) is 0. The number of amides is 1. The molecule has 4 nitrogen and oxygen atoms in total. The van der Waals surface area contributed by atoms with Gasteiger partial charge in [-0.2, -0.15) is 0 Å². The zero-order valence-electron chi connectivity index (χ0n) is 10.4. The molecule has 7 heteroatoms. The molecule has 0 aliphatic carbocycles. The van der Waals surface area contributed by atoms with Crippen molar-refractivity contribution in [1.82, 2.24) is 4.98 Å². The highest BCUT2D eigenvalue weighted by Gasteiger charge is 2.14. The second-order valence-corrected chi connectivity index (χ2v) is 7.11. The van der Waals surface area contributed by atoms with Crippen LogP contribution in [0, 0.1) is 0 Å². The molecule has 0 saturated carbocycles. The van der Waals surface area contributed by atoms with Gasteiger partial charge in [-0.15, -0.1) is 0 Å². The lowest BCUT2D eigenvalue weighted by molar-refractivity contribution is 0.102. The first-order valence-electron chi connectivity index (χ1n) is 5.89. The summed E-state index contributed by atoms with van der Waals surface area (Å²) >= 11 is 8.04. The highest BCUT2D eigenvalue weighted by atomic mass is 79.9. The van der Waals surface area contributed by atoms with Crippen LogP contribution in [0.25, 0.3) is 10.2 Å². The molecule has 0 radical (unpaired) electrons. The lowest BCUT2D eigenvalue weighted by Crippen LogP contribution is -2.11. The first-order valence-corrected chi connectivity index (χ1v) is 8.29. The summed E-state index contributed by atoms with van der Waals surface area (Å²) in [5.74, 6) is -0.466. The fourth-order valence-corrected chi connectivity index (χ4v) is 3.36. The quantitative estimate of drug-likeness (QED) is 0.618. The molecule has 2 N–H and O–H groups in total. The van der Waals surface area contributed by atoms with E-state index in [2.05, 4.69) is 42.2 Å². The van der Waals surface area contributed by atoms with Crippen LogP contribution in [-0.4, -0.2) is 16.0 Å². The molecule has 0 aliphatic rings. The Kier molecular flexibility index (Phi) is 3.97. The van der Waals surface area contributed by atoms with Crippen molar-refractivity contribution in [2.45, 2.75) is 0 Å². The van der Waals surface area contributed by atoms with Crippen LogP contribution in [0.1, 0.15) is 10.4 Å². The zero-order chi connectivity index (χ0) is 15.0. The molecule has 1 aromatic heterocycles. The molecule has 106 valence electrons. The number of carbonyl (C=O) groups excluding carboxylic acids is 1. The van der Waals surface area contributed by atoms with Crippen LogP contribution in [0.2, 0.25) is 0 Å². The number of aromatic hydroxyl groups is 1. The summed E-state index contributed by atoms with van der Waals surface area (Å²) in [4.78, 5) is 16.6. The third kappa shape index (κ3) is 3.09. The van der Waals surface area contributed by atoms with E-state index in [1.54, 1.807) is 12.1 Å². The molecular formula is C14H8Br2N2O2S. The molecule has 1 amide bonds. The SMILES string of the molecule is O=C(Nc1nc2cc(Br)ccc2s1)c1cc(Br)ccc1O. The number of anilines is 1. The predicted molar refractivity (Wildman–Crippen MR) is 91.1 cm³/mol. The van der Waals surface area contributed by atoms with E-state index in [1.165, 1.54) is 17.4 Å². The van der Waals surface area contributed by atoms with Crippen LogP contribution in [-0.2, 0) is 0 Å². The summed E-state index contributed by atoms with van der Waals surface area (Å²) in [6, 6.07) is 10.4. The largest absolute Gasteiger partial charge is 0.507 e. The maximum absolute atomic E-state index is 12.2. The van der Waals surface area contributed by atoms with Crippen molar-refractivity contribution in [3.8, 4) is 5.75 Å². The van der Waals surface area contributed by atoms with Crippen LogP contribution in [0.5, 0.6) is 5.75 Å². The van der Waals surface area contributed by atoms with E-state index in [0.717, 1.165) is 19.2 Å². The van der Waals surface area contributed by atoms with Crippen LogP contribution in [0.4, 0.5) is 5.13 Å². The van der Waals surface area contributed by atoms with Gasteiger partial charge in [-0.05, 0) is 36.4 Å². The molecular weight excluding hydrogens is 420 g/mol. The van der Waals surface area contributed by atoms with Gasteiger partial charge in [0.1, 0.15) is 5.75 Å². The average Bonchev–Trinajstić information content (AvgIpc) is 2.82. The third-order valence-corrected chi connectivity index (χ3v) is 4.71. The Morgan fingerprint density at radius 1 is 1.14 bits per heavy atom. The van der Waals surface area contributed by atoms with Crippen molar-refractivity contribution < 1.29 is 9.90 Å². The van der Waals surface area contributed by atoms with E-state index in [4.69, 9.17) is 0 Å². The molecule has 3 aromatic rings. The number of fused-ring (bicyclic) bond motifs is 1. The molecule has 2 aromatic carbocycles. The number of thiazole rings is 1. The normalized spacial score (nSPS) is 10.8. The molecule has 3 rings (SSSR count). The van der Waals surface area contributed by atoms with E-state index >= 15 is 0 Å². The number of aromatic nitrogens is 1. The second kappa shape index (κ2) is 5.75. The molecule has 0 spiro atoms. The van der Waals surface area contributed by atoms with Gasteiger partial charge in [-0.25, -0.2) is 4.98 Å². The minimum atomic E-state index is -0.396. The summed E-state index contributed by atoms with van der Waals surface area (Å²) in [5.41, 5.74) is 1.01. The molecule has 0 saturated heterocycles. The van der Waals surface area contributed by atoms with Crippen LogP contribution >= 0.6 is 43.2 Å². The Bertz CT molecular complexity index is 848. The van der Waals surface area contributed by atoms with Crippen molar-refractivity contribution >= 4 is 64.5 Å². The van der Waals surface area contributed by atoms with Crippen molar-refractivity contribution in [3.05, 3.63) is 50.9 Å². The Morgan fingerprint density at radius 2 is 1.86 bits per heavy atom. The van der Waals surface area contributed by atoms with Gasteiger partial charge in [-0.1, -0.05) is 43.2 Å². The van der Waals surface area contributed by atoms with Gasteiger partial charge in [0.2, 0.25) is 0 Å². The first-order chi connectivity index (χ1) is 10.0. The third-order valence-electron chi connectivity index (χ3n) is 2.77. The molecule has 21 heavy (non-hydrogen) atoms. The summed E-state index contributed by atoms with van der Waals surface area (Å²) in [7, 11) is 0. The van der Waals surface area contributed by atoms with Gasteiger partial charge in [0.25, 0.3) is 5.91 Å². The summed E-state index contributed by atoms with van der Waals surface area (Å²) < 4.78 is 2.63. The number of nitrogens with zero attached hydrogens (tertiary/aromatic N) is 1. The molecule has 0 atom stereocenters. The lowest BCUT2D eigenvalue weighted by Gasteiger charge is -2.04. The summed E-state index contributed by atoms with van der Waals surface area (Å²) in [6.45, 7) is 0. The molecule has 0 fully saturated rings. The van der Waals surface area contributed by atoms with E-state index < -0.39 is 5.91 Å². The van der Waals surface area contributed by atoms with E-state index in [9.17, 15) is 9.90 Å². The van der Waals surface area contributed by atoms with Crippen molar-refractivity contribution in [2.75, 3.05) is 5.32 Å². The van der Waals surface area contributed by atoms with Gasteiger partial charge in [0, 0.05) is 8.95 Å². The topological polar surface area (TPSA) is 62.2 Å². The number of phenolic OH excluding ortho intramolecular Hbond substituents is 1. The number of rotatable bonds is 2. The Balaban J connectivity index is 1.90. The van der Waals surface area contributed by atoms with Gasteiger partial charge in [0.05, 0.1) is 15.8 Å². The van der Waals surface area contributed by atoms with Crippen molar-refractivity contribution in [3.63, 3.8) is 0 Å². The first kappa shape index (κ1) is 14.5. The zero-order valence-corrected chi connectivity index (χ0v) is 14.4. The van der Waals surface area contributed by atoms with E-state index in [1.807, 2.05) is 18.2 Å². The van der Waals surface area contributed by atoms with Crippen LogP contribution in [0.15, 0.2) is 45.3 Å². The van der Waals surface area contributed by atoms with Gasteiger partial charge in [0.15, 0.2) is 5.13 Å². The van der Waals surface area contributed by atoms with Crippen LogP contribution < -0.4 is 5.32 Å².